The van der Waals surface area contributed by atoms with Crippen molar-refractivity contribution in [2.45, 2.75) is 43.8 Å². The Hall–Kier alpha value is -3.49. The quantitative estimate of drug-likeness (QED) is 0.633. The topological polar surface area (TPSA) is 70.1 Å². The molecule has 3 aromatic carbocycles. The van der Waals surface area contributed by atoms with Crippen LogP contribution in [0.5, 0.6) is 0 Å². The largest absolute Gasteiger partial charge is 0.333 e. The fraction of sp³-hybridized carbons (Fsp3) is 0.259. The third-order valence-corrected chi connectivity index (χ3v) is 6.75. The molecule has 0 radical (unpaired) electrons. The highest BCUT2D eigenvalue weighted by atomic mass is 19.1. The van der Waals surface area contributed by atoms with E-state index >= 15 is 0 Å². The number of fused-ring (bicyclic) bond motifs is 2. The van der Waals surface area contributed by atoms with Crippen LogP contribution < -0.4 is 5.73 Å². The summed E-state index contributed by atoms with van der Waals surface area (Å²) >= 11 is 0. The van der Waals surface area contributed by atoms with Crippen LogP contribution in [0.15, 0.2) is 66.7 Å². The summed E-state index contributed by atoms with van der Waals surface area (Å²) in [6.07, 6.45) is 3.75. The van der Waals surface area contributed by atoms with E-state index in [1.807, 2.05) is 35.2 Å². The molecular formula is C27H24FN3O. The van der Waals surface area contributed by atoms with Crippen molar-refractivity contribution in [2.24, 2.45) is 5.73 Å². The zero-order chi connectivity index (χ0) is 22.2. The summed E-state index contributed by atoms with van der Waals surface area (Å²) in [7, 11) is 0. The van der Waals surface area contributed by atoms with E-state index in [2.05, 4.69) is 6.07 Å². The van der Waals surface area contributed by atoms with Gasteiger partial charge < -0.3 is 10.6 Å². The third kappa shape index (κ3) is 3.68. The molecule has 2 heterocycles. The molecule has 1 unspecified atom stereocenters. The van der Waals surface area contributed by atoms with Crippen molar-refractivity contribution in [3.05, 3.63) is 83.7 Å². The molecule has 4 nitrogen and oxygen atoms in total. The Morgan fingerprint density at radius 2 is 1.50 bits per heavy atom. The summed E-state index contributed by atoms with van der Waals surface area (Å²) < 4.78 is 13.5. The predicted molar refractivity (Wildman–Crippen MR) is 122 cm³/mol. The molecule has 160 valence electrons. The second-order valence-corrected chi connectivity index (χ2v) is 8.79. The first-order valence-electron chi connectivity index (χ1n) is 11.0. The molecule has 5 heteroatoms. The van der Waals surface area contributed by atoms with E-state index in [1.165, 1.54) is 12.1 Å². The predicted octanol–water partition coefficient (Wildman–Crippen LogP) is 5.13. The van der Waals surface area contributed by atoms with Crippen LogP contribution in [0.25, 0.3) is 22.3 Å². The molecule has 0 spiro atoms. The molecule has 0 aromatic heterocycles. The molecule has 5 rings (SSSR count). The van der Waals surface area contributed by atoms with Crippen LogP contribution in [0, 0.1) is 17.1 Å². The van der Waals surface area contributed by atoms with Crippen LogP contribution in [0.3, 0.4) is 0 Å². The first-order chi connectivity index (χ1) is 15.5. The van der Waals surface area contributed by atoms with E-state index < -0.39 is 0 Å². The van der Waals surface area contributed by atoms with Crippen LogP contribution in [0.2, 0.25) is 0 Å². The van der Waals surface area contributed by atoms with Crippen molar-refractivity contribution in [3.63, 3.8) is 0 Å². The lowest BCUT2D eigenvalue weighted by molar-refractivity contribution is 0.0575. The number of carbonyl (C=O) groups excluding carboxylic acids is 1. The van der Waals surface area contributed by atoms with Gasteiger partial charge in [0.1, 0.15) is 5.82 Å². The summed E-state index contributed by atoms with van der Waals surface area (Å²) in [4.78, 5) is 15.6. The average Bonchev–Trinajstić information content (AvgIpc) is 3.09. The monoisotopic (exact) mass is 425 g/mol. The van der Waals surface area contributed by atoms with Crippen molar-refractivity contribution in [2.75, 3.05) is 0 Å². The summed E-state index contributed by atoms with van der Waals surface area (Å²) in [6, 6.07) is 22.1. The van der Waals surface area contributed by atoms with Crippen molar-refractivity contribution in [1.82, 2.24) is 4.90 Å². The molecule has 0 aliphatic carbocycles. The van der Waals surface area contributed by atoms with Crippen LogP contribution in [0.1, 0.15) is 41.6 Å². The zero-order valence-electron chi connectivity index (χ0n) is 17.7. The summed E-state index contributed by atoms with van der Waals surface area (Å²) in [5, 5.41) is 9.15. The van der Waals surface area contributed by atoms with Gasteiger partial charge in [-0.25, -0.2) is 4.39 Å². The van der Waals surface area contributed by atoms with Gasteiger partial charge in [-0.05, 0) is 84.3 Å². The molecule has 32 heavy (non-hydrogen) atoms. The second-order valence-electron chi connectivity index (χ2n) is 8.79. The van der Waals surface area contributed by atoms with Crippen LogP contribution in [-0.4, -0.2) is 28.9 Å². The van der Waals surface area contributed by atoms with Crippen molar-refractivity contribution in [3.8, 4) is 28.3 Å². The minimum Gasteiger partial charge on any atom is -0.333 e. The number of hydrogen-bond acceptors (Lipinski definition) is 3. The van der Waals surface area contributed by atoms with Gasteiger partial charge in [0.25, 0.3) is 5.91 Å². The van der Waals surface area contributed by atoms with Gasteiger partial charge >= 0.3 is 0 Å². The van der Waals surface area contributed by atoms with E-state index in [4.69, 9.17) is 11.0 Å². The SMILES string of the molecule is N#Cc1ccc(-c2cc(C(=O)N3[C@@H]4CC[C@H]3CC(N)C4)ccc2-c2ccc(F)cc2)cc1. The normalized spacial score (nSPS) is 21.9. The van der Waals surface area contributed by atoms with Crippen molar-refractivity contribution < 1.29 is 9.18 Å². The van der Waals surface area contributed by atoms with E-state index in [0.717, 1.165) is 47.9 Å². The number of halogens is 1. The number of carbonyl (C=O) groups is 1. The van der Waals surface area contributed by atoms with Crippen LogP contribution in [0.4, 0.5) is 4.39 Å². The standard InChI is InChI=1S/C27H24FN3O/c28-21-8-5-18(6-9-21)25-12-7-20(13-26(25)19-3-1-17(16-29)2-4-19)27(32)31-23-10-11-24(31)15-22(30)14-23/h1-9,12-13,22-24H,10-11,14-15,30H2/t22?,23-,24+. The van der Waals surface area contributed by atoms with Crippen molar-refractivity contribution in [1.29, 1.82) is 5.26 Å². The number of benzene rings is 3. The Balaban J connectivity index is 1.57. The Labute approximate surface area is 187 Å². The van der Waals surface area contributed by atoms with Gasteiger partial charge in [0.2, 0.25) is 0 Å². The maximum atomic E-state index is 13.5. The Morgan fingerprint density at radius 3 is 2.12 bits per heavy atom. The lowest BCUT2D eigenvalue weighted by Gasteiger charge is -2.38. The van der Waals surface area contributed by atoms with E-state index in [9.17, 15) is 9.18 Å². The first-order valence-corrected chi connectivity index (χ1v) is 11.0. The number of nitrogens with two attached hydrogens (primary N) is 1. The highest BCUT2D eigenvalue weighted by Crippen LogP contribution is 2.38. The van der Waals surface area contributed by atoms with Crippen LogP contribution in [-0.2, 0) is 0 Å². The molecule has 2 aliphatic heterocycles. The molecule has 2 aliphatic rings. The Morgan fingerprint density at radius 1 is 0.906 bits per heavy atom. The second kappa shape index (κ2) is 8.22. The van der Waals surface area contributed by atoms with Gasteiger partial charge in [-0.3, -0.25) is 4.79 Å². The highest BCUT2D eigenvalue weighted by Gasteiger charge is 2.42. The first kappa shape index (κ1) is 20.4. The smallest absolute Gasteiger partial charge is 0.254 e. The minimum absolute atomic E-state index is 0.0463. The van der Waals surface area contributed by atoms with E-state index in [0.29, 0.717) is 11.1 Å². The lowest BCUT2D eigenvalue weighted by Crippen LogP contribution is -2.50. The van der Waals surface area contributed by atoms with Crippen molar-refractivity contribution >= 4 is 5.91 Å². The molecule has 1 amide bonds. The zero-order valence-corrected chi connectivity index (χ0v) is 17.7. The Bertz CT molecular complexity index is 1180. The van der Waals surface area contributed by atoms with Crippen LogP contribution >= 0.6 is 0 Å². The molecule has 2 N–H and O–H groups in total. The lowest BCUT2D eigenvalue weighted by atomic mass is 9.91. The average molecular weight is 426 g/mol. The fourth-order valence-electron chi connectivity index (χ4n) is 5.22. The number of amides is 1. The molecule has 0 saturated carbocycles. The maximum Gasteiger partial charge on any atom is 0.254 e. The number of nitriles is 1. The van der Waals surface area contributed by atoms with E-state index in [-0.39, 0.29) is 29.8 Å². The summed E-state index contributed by atoms with van der Waals surface area (Å²) in [5.74, 6) is -0.246. The number of piperidine rings is 1. The summed E-state index contributed by atoms with van der Waals surface area (Å²) in [6.45, 7) is 0. The third-order valence-electron chi connectivity index (χ3n) is 6.75. The van der Waals surface area contributed by atoms with Gasteiger partial charge in [0, 0.05) is 23.7 Å². The number of nitrogens with zero attached hydrogens (tertiary/aromatic N) is 2. The van der Waals surface area contributed by atoms with Gasteiger partial charge in [-0.2, -0.15) is 5.26 Å². The number of hydrogen-bond donors (Lipinski definition) is 1. The van der Waals surface area contributed by atoms with Gasteiger partial charge in [-0.1, -0.05) is 30.3 Å². The summed E-state index contributed by atoms with van der Waals surface area (Å²) in [5.41, 5.74) is 11.0. The van der Waals surface area contributed by atoms with Gasteiger partial charge in [0.15, 0.2) is 0 Å². The maximum absolute atomic E-state index is 13.5. The molecule has 2 fully saturated rings. The number of rotatable bonds is 3. The molecule has 2 saturated heterocycles. The van der Waals surface area contributed by atoms with Gasteiger partial charge in [-0.15, -0.1) is 0 Å². The fourth-order valence-corrected chi connectivity index (χ4v) is 5.22. The molecular weight excluding hydrogens is 401 g/mol. The highest BCUT2D eigenvalue weighted by molar-refractivity contribution is 5.98. The van der Waals surface area contributed by atoms with E-state index in [1.54, 1.807) is 24.3 Å². The minimum atomic E-state index is -0.292. The Kier molecular flexibility index (Phi) is 5.24. The van der Waals surface area contributed by atoms with Gasteiger partial charge in [0.05, 0.1) is 11.6 Å². The molecule has 3 atom stereocenters. The molecule has 3 aromatic rings. The molecule has 2 bridgehead atoms.